The zero-order valence-corrected chi connectivity index (χ0v) is 8.85. The molecular weight excluding hydrogens is 192 g/mol. The van der Waals surface area contributed by atoms with E-state index in [1.807, 2.05) is 13.1 Å². The smallest absolute Gasteiger partial charge is 0.124 e. The minimum Gasteiger partial charge on any atom is -0.396 e. The Hall–Kier alpha value is -1.38. The van der Waals surface area contributed by atoms with Crippen molar-refractivity contribution >= 4 is 0 Å². The molecule has 0 radical (unpaired) electrons. The molecule has 1 aromatic rings. The number of aliphatic hydroxyl groups excluding tert-OH is 1. The molecule has 15 heavy (non-hydrogen) atoms. The van der Waals surface area contributed by atoms with Gasteiger partial charge in [-0.15, -0.1) is 0 Å². The summed E-state index contributed by atoms with van der Waals surface area (Å²) >= 11 is 0. The highest BCUT2D eigenvalue weighted by Gasteiger charge is 2.10. The zero-order chi connectivity index (χ0) is 11.1. The molecule has 0 amide bonds. The van der Waals surface area contributed by atoms with Crippen molar-refractivity contribution < 1.29 is 5.11 Å². The second kappa shape index (κ2) is 6.17. The van der Waals surface area contributed by atoms with Gasteiger partial charge in [-0.05, 0) is 19.9 Å². The second-order valence-electron chi connectivity index (χ2n) is 3.22. The van der Waals surface area contributed by atoms with Crippen molar-refractivity contribution in [1.82, 2.24) is 15.1 Å². The topological polar surface area (TPSA) is 73.9 Å². The lowest BCUT2D eigenvalue weighted by Crippen LogP contribution is -2.21. The largest absolute Gasteiger partial charge is 0.396 e. The van der Waals surface area contributed by atoms with Crippen LogP contribution in [0.1, 0.15) is 24.9 Å². The summed E-state index contributed by atoms with van der Waals surface area (Å²) < 4.78 is 1.79. The summed E-state index contributed by atoms with van der Waals surface area (Å²) in [7, 11) is 0. The molecule has 1 unspecified atom stereocenters. The fourth-order valence-corrected chi connectivity index (χ4v) is 1.27. The van der Waals surface area contributed by atoms with Gasteiger partial charge in [0.2, 0.25) is 0 Å². The van der Waals surface area contributed by atoms with Gasteiger partial charge < -0.3 is 5.11 Å². The van der Waals surface area contributed by atoms with Crippen LogP contribution in [0.3, 0.4) is 0 Å². The Bertz CT molecular complexity index is 328. The molecule has 1 aromatic heterocycles. The maximum absolute atomic E-state index is 8.95. The van der Waals surface area contributed by atoms with Crippen molar-refractivity contribution in [1.29, 1.82) is 5.26 Å². The molecule has 2 N–H and O–H groups in total. The Balaban J connectivity index is 2.54. The van der Waals surface area contributed by atoms with Gasteiger partial charge in [-0.25, -0.2) is 0 Å². The number of hydrogen-bond donors (Lipinski definition) is 2. The lowest BCUT2D eigenvalue weighted by atomic mass is 10.2. The van der Waals surface area contributed by atoms with E-state index in [-0.39, 0.29) is 12.6 Å². The number of nitrogens with one attached hydrogen (secondary N) is 1. The van der Waals surface area contributed by atoms with Crippen LogP contribution in [0.2, 0.25) is 0 Å². The maximum Gasteiger partial charge on any atom is 0.124 e. The van der Waals surface area contributed by atoms with Crippen molar-refractivity contribution in [3.05, 3.63) is 18.0 Å². The lowest BCUT2D eigenvalue weighted by Gasteiger charge is -2.08. The standard InChI is InChI=1S/C10H16N4O/c1-2-14-8-9(7-13-14)10(6-11)12-4-3-5-15/h7-8,10,12,15H,2-5H2,1H3. The van der Waals surface area contributed by atoms with Gasteiger partial charge in [-0.3, -0.25) is 10.00 Å². The summed E-state index contributed by atoms with van der Waals surface area (Å²) in [4.78, 5) is 0. The van der Waals surface area contributed by atoms with Crippen LogP contribution >= 0.6 is 0 Å². The van der Waals surface area contributed by atoms with E-state index < -0.39 is 0 Å². The highest BCUT2D eigenvalue weighted by molar-refractivity contribution is 5.17. The third-order valence-electron chi connectivity index (χ3n) is 2.12. The molecule has 1 atom stereocenters. The molecule has 0 fully saturated rings. The van der Waals surface area contributed by atoms with Crippen LogP contribution in [0.25, 0.3) is 0 Å². The normalized spacial score (nSPS) is 12.3. The average Bonchev–Trinajstić information content (AvgIpc) is 2.73. The SMILES string of the molecule is CCn1cc(C(C#N)NCCCO)cn1. The van der Waals surface area contributed by atoms with Crippen LogP contribution in [0, 0.1) is 11.3 Å². The highest BCUT2D eigenvalue weighted by atomic mass is 16.3. The molecule has 0 aromatic carbocycles. The number of nitriles is 1. The summed E-state index contributed by atoms with van der Waals surface area (Å²) in [6, 6.07) is 1.83. The Kier molecular flexibility index (Phi) is 4.81. The summed E-state index contributed by atoms with van der Waals surface area (Å²) in [6.07, 6.45) is 4.21. The fraction of sp³-hybridized carbons (Fsp3) is 0.600. The van der Waals surface area contributed by atoms with E-state index in [2.05, 4.69) is 16.5 Å². The third kappa shape index (κ3) is 3.35. The number of rotatable bonds is 6. The summed E-state index contributed by atoms with van der Waals surface area (Å²) in [5, 5.41) is 24.7. The molecule has 0 spiro atoms. The number of aliphatic hydroxyl groups is 1. The molecule has 0 aliphatic heterocycles. The monoisotopic (exact) mass is 208 g/mol. The van der Waals surface area contributed by atoms with Crippen molar-refractivity contribution in [2.75, 3.05) is 13.2 Å². The average molecular weight is 208 g/mol. The van der Waals surface area contributed by atoms with E-state index in [1.54, 1.807) is 10.9 Å². The fourth-order valence-electron chi connectivity index (χ4n) is 1.27. The molecule has 0 saturated heterocycles. The van der Waals surface area contributed by atoms with Crippen LogP contribution in [-0.2, 0) is 6.54 Å². The first-order valence-corrected chi connectivity index (χ1v) is 5.08. The van der Waals surface area contributed by atoms with Gasteiger partial charge in [-0.1, -0.05) is 0 Å². The van der Waals surface area contributed by atoms with E-state index in [9.17, 15) is 0 Å². The van der Waals surface area contributed by atoms with Gasteiger partial charge in [0.1, 0.15) is 6.04 Å². The van der Waals surface area contributed by atoms with Crippen molar-refractivity contribution in [3.63, 3.8) is 0 Å². The van der Waals surface area contributed by atoms with Gasteiger partial charge in [0.05, 0.1) is 12.3 Å². The number of nitrogens with zero attached hydrogens (tertiary/aromatic N) is 3. The zero-order valence-electron chi connectivity index (χ0n) is 8.85. The molecule has 82 valence electrons. The summed E-state index contributed by atoms with van der Waals surface area (Å²) in [6.45, 7) is 3.57. The van der Waals surface area contributed by atoms with Crippen LogP contribution in [-0.4, -0.2) is 28.0 Å². The predicted octanol–water partition coefficient (Wildman–Crippen LogP) is 0.440. The minimum atomic E-state index is -0.336. The molecule has 1 rings (SSSR count). The lowest BCUT2D eigenvalue weighted by molar-refractivity contribution is 0.285. The molecular formula is C10H16N4O. The Morgan fingerprint density at radius 2 is 2.53 bits per heavy atom. The van der Waals surface area contributed by atoms with Gasteiger partial charge in [-0.2, -0.15) is 10.4 Å². The van der Waals surface area contributed by atoms with Crippen LogP contribution in [0.15, 0.2) is 12.4 Å². The first kappa shape index (κ1) is 11.7. The Morgan fingerprint density at radius 3 is 3.07 bits per heavy atom. The van der Waals surface area contributed by atoms with Gasteiger partial charge in [0.15, 0.2) is 0 Å². The van der Waals surface area contributed by atoms with Gasteiger partial charge in [0.25, 0.3) is 0 Å². The molecule has 1 heterocycles. The van der Waals surface area contributed by atoms with Crippen LogP contribution in [0.5, 0.6) is 0 Å². The van der Waals surface area contributed by atoms with Crippen LogP contribution < -0.4 is 5.32 Å². The van der Waals surface area contributed by atoms with E-state index in [0.717, 1.165) is 12.1 Å². The van der Waals surface area contributed by atoms with Crippen molar-refractivity contribution in [3.8, 4) is 6.07 Å². The van der Waals surface area contributed by atoms with Gasteiger partial charge >= 0.3 is 0 Å². The minimum absolute atomic E-state index is 0.138. The third-order valence-corrected chi connectivity index (χ3v) is 2.12. The number of hydrogen-bond acceptors (Lipinski definition) is 4. The molecule has 0 bridgehead atoms. The van der Waals surface area contributed by atoms with Gasteiger partial charge in [0, 0.05) is 24.9 Å². The molecule has 0 aliphatic carbocycles. The highest BCUT2D eigenvalue weighted by Crippen LogP contribution is 2.10. The van der Waals surface area contributed by atoms with Crippen LogP contribution in [0.4, 0.5) is 0 Å². The summed E-state index contributed by atoms with van der Waals surface area (Å²) in [5.74, 6) is 0. The Morgan fingerprint density at radius 1 is 1.73 bits per heavy atom. The molecule has 5 heteroatoms. The quantitative estimate of drug-likeness (QED) is 0.665. The predicted molar refractivity (Wildman–Crippen MR) is 56.0 cm³/mol. The molecule has 0 saturated carbocycles. The number of aryl methyl sites for hydroxylation is 1. The Labute approximate surface area is 89.3 Å². The van der Waals surface area contributed by atoms with Crippen molar-refractivity contribution in [2.24, 2.45) is 0 Å². The molecule has 5 nitrogen and oxygen atoms in total. The van der Waals surface area contributed by atoms with E-state index in [0.29, 0.717) is 13.0 Å². The van der Waals surface area contributed by atoms with E-state index >= 15 is 0 Å². The van der Waals surface area contributed by atoms with Crippen molar-refractivity contribution in [2.45, 2.75) is 25.9 Å². The first-order valence-electron chi connectivity index (χ1n) is 5.08. The van der Waals surface area contributed by atoms with E-state index in [1.165, 1.54) is 0 Å². The second-order valence-corrected chi connectivity index (χ2v) is 3.22. The molecule has 0 aliphatic rings. The number of aromatic nitrogens is 2. The van der Waals surface area contributed by atoms with E-state index in [4.69, 9.17) is 10.4 Å². The maximum atomic E-state index is 8.95. The first-order chi connectivity index (χ1) is 7.31. The summed E-state index contributed by atoms with van der Waals surface area (Å²) in [5.41, 5.74) is 0.872.